The highest BCUT2D eigenvalue weighted by atomic mass is 15.2. The van der Waals surface area contributed by atoms with Crippen LogP contribution in [0.4, 0.5) is 0 Å². The van der Waals surface area contributed by atoms with E-state index in [1.165, 1.54) is 32.4 Å². The Morgan fingerprint density at radius 3 is 2.50 bits per heavy atom. The maximum atomic E-state index is 2.66. The van der Waals surface area contributed by atoms with E-state index in [0.29, 0.717) is 0 Å². The molecular weight excluding hydrogens is 146 g/mol. The molecule has 0 amide bonds. The predicted molar refractivity (Wildman–Crippen MR) is 52.2 cm³/mol. The van der Waals surface area contributed by atoms with Crippen LogP contribution < -0.4 is 0 Å². The molecule has 1 saturated carbocycles. The lowest BCUT2D eigenvalue weighted by Gasteiger charge is -2.39. The quantitative estimate of drug-likeness (QED) is 0.580. The summed E-state index contributed by atoms with van der Waals surface area (Å²) in [4.78, 5) is 2.66. The molecule has 1 heterocycles. The molecule has 2 aliphatic rings. The summed E-state index contributed by atoms with van der Waals surface area (Å²) in [6.07, 6.45) is 4.42. The molecule has 2 rings (SSSR count). The predicted octanol–water partition coefficient (Wildman–Crippen LogP) is 2.52. The van der Waals surface area contributed by atoms with E-state index in [-0.39, 0.29) is 0 Å². The highest BCUT2D eigenvalue weighted by molar-refractivity contribution is 5.02. The molecule has 1 saturated heterocycles. The number of nitrogens with zero attached hydrogens (tertiary/aromatic N) is 1. The SMILES string of the molecule is CC(C)N1CCC(C)C2(CC2)C1. The van der Waals surface area contributed by atoms with Crippen molar-refractivity contribution in [3.8, 4) is 0 Å². The van der Waals surface area contributed by atoms with Crippen molar-refractivity contribution < 1.29 is 0 Å². The molecule has 1 unspecified atom stereocenters. The van der Waals surface area contributed by atoms with Gasteiger partial charge < -0.3 is 4.90 Å². The molecule has 12 heavy (non-hydrogen) atoms. The zero-order chi connectivity index (χ0) is 8.77. The van der Waals surface area contributed by atoms with Crippen LogP contribution in [0, 0.1) is 11.3 Å². The van der Waals surface area contributed by atoms with Crippen molar-refractivity contribution in [1.29, 1.82) is 0 Å². The molecule has 0 aromatic heterocycles. The molecule has 1 atom stereocenters. The Kier molecular flexibility index (Phi) is 1.95. The maximum Gasteiger partial charge on any atom is 0.00432 e. The fourth-order valence-electron chi connectivity index (χ4n) is 2.56. The van der Waals surface area contributed by atoms with E-state index < -0.39 is 0 Å². The van der Waals surface area contributed by atoms with Crippen LogP contribution >= 0.6 is 0 Å². The minimum absolute atomic E-state index is 0.759. The summed E-state index contributed by atoms with van der Waals surface area (Å²) in [5.41, 5.74) is 0.766. The lowest BCUT2D eigenvalue weighted by Crippen LogP contribution is -2.44. The second-order valence-electron chi connectivity index (χ2n) is 5.12. The van der Waals surface area contributed by atoms with E-state index >= 15 is 0 Å². The molecule has 0 radical (unpaired) electrons. The van der Waals surface area contributed by atoms with Crippen LogP contribution in [0.5, 0.6) is 0 Å². The highest BCUT2D eigenvalue weighted by Crippen LogP contribution is 2.55. The van der Waals surface area contributed by atoms with Crippen LogP contribution in [0.2, 0.25) is 0 Å². The molecule has 1 nitrogen and oxygen atoms in total. The van der Waals surface area contributed by atoms with Crippen LogP contribution in [-0.4, -0.2) is 24.0 Å². The van der Waals surface area contributed by atoms with Crippen molar-refractivity contribution in [3.05, 3.63) is 0 Å². The highest BCUT2D eigenvalue weighted by Gasteiger charge is 2.50. The van der Waals surface area contributed by atoms with Crippen LogP contribution in [0.15, 0.2) is 0 Å². The standard InChI is InChI=1S/C11H21N/c1-9(2)12-7-4-10(3)11(8-12)5-6-11/h9-10H,4-8H2,1-3H3. The Bertz CT molecular complexity index is 170. The van der Waals surface area contributed by atoms with Gasteiger partial charge in [0.2, 0.25) is 0 Å². The van der Waals surface area contributed by atoms with Crippen molar-refractivity contribution in [2.24, 2.45) is 11.3 Å². The van der Waals surface area contributed by atoms with Crippen molar-refractivity contribution in [3.63, 3.8) is 0 Å². The molecular formula is C11H21N. The first-order valence-corrected chi connectivity index (χ1v) is 5.38. The molecule has 2 fully saturated rings. The number of piperidine rings is 1. The average molecular weight is 167 g/mol. The summed E-state index contributed by atoms with van der Waals surface area (Å²) in [5, 5.41) is 0. The van der Waals surface area contributed by atoms with Crippen LogP contribution in [0.1, 0.15) is 40.0 Å². The third-order valence-corrected chi connectivity index (χ3v) is 4.04. The van der Waals surface area contributed by atoms with Gasteiger partial charge >= 0.3 is 0 Å². The van der Waals surface area contributed by atoms with Gasteiger partial charge in [-0.2, -0.15) is 0 Å². The minimum atomic E-state index is 0.759. The number of hydrogen-bond donors (Lipinski definition) is 0. The van der Waals surface area contributed by atoms with Crippen LogP contribution in [-0.2, 0) is 0 Å². The summed E-state index contributed by atoms with van der Waals surface area (Å²) in [5.74, 6) is 0.993. The van der Waals surface area contributed by atoms with Crippen LogP contribution in [0.3, 0.4) is 0 Å². The largest absolute Gasteiger partial charge is 0.300 e. The molecule has 0 bridgehead atoms. The monoisotopic (exact) mass is 167 g/mol. The van der Waals surface area contributed by atoms with E-state index in [9.17, 15) is 0 Å². The topological polar surface area (TPSA) is 3.24 Å². The number of rotatable bonds is 1. The van der Waals surface area contributed by atoms with Gasteiger partial charge in [0, 0.05) is 12.6 Å². The normalized spacial score (nSPS) is 34.5. The first-order chi connectivity index (χ1) is 5.64. The summed E-state index contributed by atoms with van der Waals surface area (Å²) < 4.78 is 0. The van der Waals surface area contributed by atoms with Gasteiger partial charge in [-0.25, -0.2) is 0 Å². The lowest BCUT2D eigenvalue weighted by atomic mass is 9.83. The molecule has 1 aliphatic heterocycles. The second kappa shape index (κ2) is 2.73. The van der Waals surface area contributed by atoms with Crippen molar-refractivity contribution in [2.45, 2.75) is 46.1 Å². The second-order valence-corrected chi connectivity index (χ2v) is 5.12. The maximum absolute atomic E-state index is 2.66. The van der Waals surface area contributed by atoms with Gasteiger partial charge in [0.15, 0.2) is 0 Å². The smallest absolute Gasteiger partial charge is 0.00432 e. The molecule has 0 aromatic carbocycles. The molecule has 0 aromatic rings. The Morgan fingerprint density at radius 1 is 1.33 bits per heavy atom. The zero-order valence-corrected chi connectivity index (χ0v) is 8.64. The summed E-state index contributed by atoms with van der Waals surface area (Å²) in [6, 6.07) is 0.759. The van der Waals surface area contributed by atoms with Crippen molar-refractivity contribution >= 4 is 0 Å². The molecule has 1 spiro atoms. The Hall–Kier alpha value is -0.0400. The molecule has 0 N–H and O–H groups in total. The number of hydrogen-bond acceptors (Lipinski definition) is 1. The first-order valence-electron chi connectivity index (χ1n) is 5.38. The van der Waals surface area contributed by atoms with E-state index in [0.717, 1.165) is 17.4 Å². The van der Waals surface area contributed by atoms with E-state index in [2.05, 4.69) is 25.7 Å². The zero-order valence-electron chi connectivity index (χ0n) is 8.64. The van der Waals surface area contributed by atoms with E-state index in [1.807, 2.05) is 0 Å². The van der Waals surface area contributed by atoms with Gasteiger partial charge in [0.25, 0.3) is 0 Å². The van der Waals surface area contributed by atoms with Gasteiger partial charge in [-0.1, -0.05) is 6.92 Å². The van der Waals surface area contributed by atoms with Gasteiger partial charge in [-0.3, -0.25) is 0 Å². The summed E-state index contributed by atoms with van der Waals surface area (Å²) >= 11 is 0. The minimum Gasteiger partial charge on any atom is -0.300 e. The Balaban J connectivity index is 1.99. The third kappa shape index (κ3) is 1.28. The Labute approximate surface area is 76.1 Å². The van der Waals surface area contributed by atoms with Crippen molar-refractivity contribution in [1.82, 2.24) is 4.90 Å². The fraction of sp³-hybridized carbons (Fsp3) is 1.00. The molecule has 1 aliphatic carbocycles. The lowest BCUT2D eigenvalue weighted by molar-refractivity contribution is 0.0865. The van der Waals surface area contributed by atoms with E-state index in [4.69, 9.17) is 0 Å². The van der Waals surface area contributed by atoms with Gasteiger partial charge in [0.1, 0.15) is 0 Å². The van der Waals surface area contributed by atoms with Crippen LogP contribution in [0.25, 0.3) is 0 Å². The van der Waals surface area contributed by atoms with Gasteiger partial charge in [-0.05, 0) is 51.0 Å². The van der Waals surface area contributed by atoms with Gasteiger partial charge in [0.05, 0.1) is 0 Å². The Morgan fingerprint density at radius 2 is 2.00 bits per heavy atom. The molecule has 70 valence electrons. The molecule has 1 heteroatoms. The van der Waals surface area contributed by atoms with E-state index in [1.54, 1.807) is 0 Å². The number of likely N-dealkylation sites (tertiary alicyclic amines) is 1. The average Bonchev–Trinajstić information content (AvgIpc) is 2.76. The first kappa shape index (κ1) is 8.55. The third-order valence-electron chi connectivity index (χ3n) is 4.04. The fourth-order valence-corrected chi connectivity index (χ4v) is 2.56. The van der Waals surface area contributed by atoms with Crippen molar-refractivity contribution in [2.75, 3.05) is 13.1 Å². The summed E-state index contributed by atoms with van der Waals surface area (Å²) in [7, 11) is 0. The summed E-state index contributed by atoms with van der Waals surface area (Å²) in [6.45, 7) is 9.81. The van der Waals surface area contributed by atoms with Gasteiger partial charge in [-0.15, -0.1) is 0 Å².